The van der Waals surface area contributed by atoms with Gasteiger partial charge in [-0.05, 0) is 33.2 Å². The molecule has 4 heteroatoms. The predicted octanol–water partition coefficient (Wildman–Crippen LogP) is 4.37. The molecule has 1 atom stereocenters. The Bertz CT molecular complexity index is 934. The van der Waals surface area contributed by atoms with Crippen LogP contribution in [0.1, 0.15) is 18.4 Å². The summed E-state index contributed by atoms with van der Waals surface area (Å²) >= 11 is 0. The number of methoxy groups -OCH3 is 1. The van der Waals surface area contributed by atoms with E-state index in [0.717, 1.165) is 39.3 Å². The van der Waals surface area contributed by atoms with Gasteiger partial charge in [0.05, 0.1) is 13.7 Å². The number of carbonyl (C=O) groups excluding carboxylic acids is 2. The summed E-state index contributed by atoms with van der Waals surface area (Å²) < 4.78 is 9.78. The Morgan fingerprint density at radius 2 is 1.46 bits per heavy atom. The number of esters is 2. The summed E-state index contributed by atoms with van der Waals surface area (Å²) in [6, 6.07) is 18.6. The number of ether oxygens (including phenoxy) is 2. The summed E-state index contributed by atoms with van der Waals surface area (Å²) in [5, 5.41) is 4.62. The van der Waals surface area contributed by atoms with Crippen LogP contribution in [0.2, 0.25) is 0 Å². The van der Waals surface area contributed by atoms with Crippen LogP contribution in [0.25, 0.3) is 21.5 Å². The molecule has 0 unspecified atom stereocenters. The molecule has 0 aromatic heterocycles. The van der Waals surface area contributed by atoms with Gasteiger partial charge in [-0.2, -0.15) is 0 Å². The average Bonchev–Trinajstić information content (AvgIpc) is 2.68. The maximum Gasteiger partial charge on any atom is 0.331 e. The highest BCUT2D eigenvalue weighted by Crippen LogP contribution is 2.33. The zero-order valence-corrected chi connectivity index (χ0v) is 14.8. The number of fused-ring (bicyclic) bond motifs is 2. The third-order valence-corrected chi connectivity index (χ3v) is 4.34. The molecular weight excluding hydrogens is 328 g/mol. The number of hydrogen-bond acceptors (Lipinski definition) is 4. The molecule has 0 aliphatic rings. The molecule has 0 radical (unpaired) electrons. The van der Waals surface area contributed by atoms with Crippen LogP contribution in [0.15, 0.2) is 66.7 Å². The second-order valence-electron chi connectivity index (χ2n) is 6.12. The number of carbonyl (C=O) groups is 2. The Morgan fingerprint density at radius 1 is 0.923 bits per heavy atom. The quantitative estimate of drug-likeness (QED) is 0.390. The van der Waals surface area contributed by atoms with Crippen molar-refractivity contribution in [1.29, 1.82) is 0 Å². The molecule has 0 aliphatic carbocycles. The van der Waals surface area contributed by atoms with Crippen molar-refractivity contribution in [2.45, 2.75) is 12.8 Å². The highest BCUT2D eigenvalue weighted by molar-refractivity contribution is 6.02. The van der Waals surface area contributed by atoms with Crippen LogP contribution in [0.5, 0.6) is 0 Å². The molecule has 26 heavy (non-hydrogen) atoms. The smallest absolute Gasteiger partial charge is 0.331 e. The van der Waals surface area contributed by atoms with E-state index < -0.39 is 11.9 Å². The molecule has 0 fully saturated rings. The van der Waals surface area contributed by atoms with Gasteiger partial charge in [0.15, 0.2) is 0 Å². The summed E-state index contributed by atoms with van der Waals surface area (Å²) in [7, 11) is 1.26. The maximum atomic E-state index is 11.8. The fraction of sp³-hybridized carbons (Fsp3) is 0.182. The van der Waals surface area contributed by atoms with E-state index in [9.17, 15) is 9.59 Å². The van der Waals surface area contributed by atoms with Crippen molar-refractivity contribution in [3.63, 3.8) is 0 Å². The average molecular weight is 348 g/mol. The largest absolute Gasteiger partial charge is 0.466 e. The van der Waals surface area contributed by atoms with Crippen molar-refractivity contribution in [1.82, 2.24) is 0 Å². The molecule has 3 aromatic carbocycles. The SMILES string of the molecule is COC(=O)/C=C/C(=O)OC[C@@H](C)c1c2ccccc2cc2ccccc12. The van der Waals surface area contributed by atoms with E-state index in [0.29, 0.717) is 0 Å². The minimum atomic E-state index is -0.588. The molecule has 3 rings (SSSR count). The van der Waals surface area contributed by atoms with Gasteiger partial charge in [0.25, 0.3) is 0 Å². The van der Waals surface area contributed by atoms with Gasteiger partial charge in [-0.25, -0.2) is 9.59 Å². The van der Waals surface area contributed by atoms with Gasteiger partial charge >= 0.3 is 11.9 Å². The summed E-state index contributed by atoms with van der Waals surface area (Å²) in [5.41, 5.74) is 1.16. The first-order valence-corrected chi connectivity index (χ1v) is 8.43. The van der Waals surface area contributed by atoms with Crippen LogP contribution in [0.3, 0.4) is 0 Å². The fourth-order valence-electron chi connectivity index (χ4n) is 3.12. The van der Waals surface area contributed by atoms with E-state index in [1.165, 1.54) is 7.11 Å². The van der Waals surface area contributed by atoms with Gasteiger partial charge < -0.3 is 9.47 Å². The van der Waals surface area contributed by atoms with Crippen molar-refractivity contribution < 1.29 is 19.1 Å². The number of benzene rings is 3. The third-order valence-electron chi connectivity index (χ3n) is 4.34. The lowest BCUT2D eigenvalue weighted by molar-refractivity contribution is -0.139. The van der Waals surface area contributed by atoms with Crippen LogP contribution < -0.4 is 0 Å². The topological polar surface area (TPSA) is 52.6 Å². The Kier molecular flexibility index (Phi) is 5.32. The molecule has 4 nitrogen and oxygen atoms in total. The predicted molar refractivity (Wildman–Crippen MR) is 102 cm³/mol. The lowest BCUT2D eigenvalue weighted by Crippen LogP contribution is -2.10. The minimum Gasteiger partial charge on any atom is -0.466 e. The van der Waals surface area contributed by atoms with Gasteiger partial charge in [-0.15, -0.1) is 0 Å². The van der Waals surface area contributed by atoms with E-state index in [4.69, 9.17) is 4.74 Å². The monoisotopic (exact) mass is 348 g/mol. The highest BCUT2D eigenvalue weighted by Gasteiger charge is 2.15. The normalized spacial score (nSPS) is 12.4. The molecule has 0 bridgehead atoms. The minimum absolute atomic E-state index is 0.00137. The fourth-order valence-corrected chi connectivity index (χ4v) is 3.12. The zero-order valence-electron chi connectivity index (χ0n) is 14.8. The summed E-state index contributed by atoms with van der Waals surface area (Å²) in [6.07, 6.45) is 2.14. The lowest BCUT2D eigenvalue weighted by atomic mass is 9.89. The van der Waals surface area contributed by atoms with E-state index in [1.807, 2.05) is 31.2 Å². The molecule has 0 amide bonds. The van der Waals surface area contributed by atoms with Crippen molar-refractivity contribution in [2.24, 2.45) is 0 Å². The van der Waals surface area contributed by atoms with Crippen molar-refractivity contribution in [2.75, 3.05) is 13.7 Å². The van der Waals surface area contributed by atoms with Gasteiger partial charge in [0.1, 0.15) is 0 Å². The van der Waals surface area contributed by atoms with Crippen LogP contribution in [-0.4, -0.2) is 25.7 Å². The Labute approximate surface area is 152 Å². The Morgan fingerprint density at radius 3 is 2.04 bits per heavy atom. The number of rotatable bonds is 5. The molecule has 0 spiro atoms. The Hall–Kier alpha value is -3.14. The summed E-state index contributed by atoms with van der Waals surface area (Å²) in [5.74, 6) is -1.15. The maximum absolute atomic E-state index is 11.8. The van der Waals surface area contributed by atoms with Crippen molar-refractivity contribution in [3.05, 3.63) is 72.3 Å². The van der Waals surface area contributed by atoms with Gasteiger partial charge in [-0.1, -0.05) is 55.5 Å². The van der Waals surface area contributed by atoms with Gasteiger partial charge in [-0.3, -0.25) is 0 Å². The van der Waals surface area contributed by atoms with Crippen LogP contribution in [0, 0.1) is 0 Å². The molecule has 0 saturated heterocycles. The zero-order chi connectivity index (χ0) is 18.5. The molecule has 0 N–H and O–H groups in total. The standard InChI is InChI=1S/C22H20O4/c1-15(14-26-21(24)12-11-20(23)25-2)22-18-9-5-3-7-16(18)13-17-8-4-6-10-19(17)22/h3-13,15H,14H2,1-2H3/b12-11+/t15-/m1/s1. The van der Waals surface area contributed by atoms with E-state index in [-0.39, 0.29) is 12.5 Å². The van der Waals surface area contributed by atoms with Gasteiger partial charge in [0.2, 0.25) is 0 Å². The van der Waals surface area contributed by atoms with Crippen LogP contribution in [0.4, 0.5) is 0 Å². The first kappa shape index (κ1) is 17.7. The van der Waals surface area contributed by atoms with Crippen LogP contribution >= 0.6 is 0 Å². The highest BCUT2D eigenvalue weighted by atomic mass is 16.5. The molecule has 0 heterocycles. The summed E-state index contributed by atoms with van der Waals surface area (Å²) in [4.78, 5) is 22.9. The Balaban J connectivity index is 1.89. The third kappa shape index (κ3) is 3.75. The van der Waals surface area contributed by atoms with E-state index >= 15 is 0 Å². The first-order valence-electron chi connectivity index (χ1n) is 8.43. The lowest BCUT2D eigenvalue weighted by Gasteiger charge is -2.18. The van der Waals surface area contributed by atoms with Gasteiger partial charge in [0, 0.05) is 18.1 Å². The molecule has 0 saturated carbocycles. The van der Waals surface area contributed by atoms with E-state index in [1.54, 1.807) is 0 Å². The first-order chi connectivity index (χ1) is 12.6. The van der Waals surface area contributed by atoms with Crippen molar-refractivity contribution >= 4 is 33.5 Å². The number of hydrogen-bond donors (Lipinski definition) is 0. The molecular formula is C22H20O4. The second kappa shape index (κ2) is 7.83. The molecule has 0 aliphatic heterocycles. The molecule has 132 valence electrons. The second-order valence-corrected chi connectivity index (χ2v) is 6.12. The van der Waals surface area contributed by atoms with Crippen LogP contribution in [-0.2, 0) is 19.1 Å². The summed E-state index contributed by atoms with van der Waals surface area (Å²) in [6.45, 7) is 2.26. The van der Waals surface area contributed by atoms with Crippen molar-refractivity contribution in [3.8, 4) is 0 Å². The molecule has 3 aromatic rings. The van der Waals surface area contributed by atoms with E-state index in [2.05, 4.69) is 35.1 Å².